The Morgan fingerprint density at radius 1 is 1.19 bits per heavy atom. The molecule has 2 aromatic carbocycles. The molecule has 0 radical (unpaired) electrons. The molecular formula is C17H18FN3. The van der Waals surface area contributed by atoms with Gasteiger partial charge in [0, 0.05) is 24.3 Å². The number of nitrogens with two attached hydrogens (primary N) is 1. The fraction of sp³-hybridized carbons (Fsp3) is 0.235. The highest BCUT2D eigenvalue weighted by molar-refractivity contribution is 5.95. The predicted octanol–water partition coefficient (Wildman–Crippen LogP) is 3.06. The van der Waals surface area contributed by atoms with Crippen LogP contribution in [0.5, 0.6) is 0 Å². The molecule has 0 aromatic heterocycles. The van der Waals surface area contributed by atoms with Crippen LogP contribution in [-0.4, -0.2) is 12.4 Å². The number of hydrogen-bond acceptors (Lipinski definition) is 2. The molecule has 21 heavy (non-hydrogen) atoms. The van der Waals surface area contributed by atoms with Crippen LogP contribution < -0.4 is 10.6 Å². The third kappa shape index (κ3) is 2.61. The van der Waals surface area contributed by atoms with E-state index in [0.717, 1.165) is 19.4 Å². The Morgan fingerprint density at radius 3 is 2.81 bits per heavy atom. The van der Waals surface area contributed by atoms with Crippen molar-refractivity contribution in [2.45, 2.75) is 19.4 Å². The van der Waals surface area contributed by atoms with Gasteiger partial charge in [0.25, 0.3) is 0 Å². The van der Waals surface area contributed by atoms with E-state index >= 15 is 0 Å². The lowest BCUT2D eigenvalue weighted by atomic mass is 10.0. The highest BCUT2D eigenvalue weighted by Gasteiger charge is 2.18. The summed E-state index contributed by atoms with van der Waals surface area (Å²) in [7, 11) is 0. The van der Waals surface area contributed by atoms with Gasteiger partial charge in [-0.05, 0) is 30.5 Å². The highest BCUT2D eigenvalue weighted by Crippen LogP contribution is 2.28. The quantitative estimate of drug-likeness (QED) is 0.672. The summed E-state index contributed by atoms with van der Waals surface area (Å²) in [6.07, 6.45) is 2.15. The zero-order valence-electron chi connectivity index (χ0n) is 11.8. The average molecular weight is 283 g/mol. The molecule has 3 N–H and O–H groups in total. The molecule has 0 atom stereocenters. The van der Waals surface area contributed by atoms with Gasteiger partial charge in [0.2, 0.25) is 0 Å². The Balaban J connectivity index is 1.92. The maximum absolute atomic E-state index is 14.4. The van der Waals surface area contributed by atoms with Gasteiger partial charge in [0.05, 0.1) is 5.56 Å². The van der Waals surface area contributed by atoms with E-state index in [0.29, 0.717) is 12.1 Å². The molecule has 0 fully saturated rings. The van der Waals surface area contributed by atoms with Gasteiger partial charge in [-0.25, -0.2) is 4.39 Å². The number of rotatable bonds is 3. The molecule has 2 aromatic rings. The highest BCUT2D eigenvalue weighted by atomic mass is 19.1. The van der Waals surface area contributed by atoms with E-state index in [9.17, 15) is 4.39 Å². The first-order valence-corrected chi connectivity index (χ1v) is 7.11. The average Bonchev–Trinajstić information content (AvgIpc) is 2.49. The number of benzene rings is 2. The van der Waals surface area contributed by atoms with Gasteiger partial charge >= 0.3 is 0 Å². The Labute approximate surface area is 123 Å². The van der Waals surface area contributed by atoms with Crippen LogP contribution in [0.2, 0.25) is 0 Å². The summed E-state index contributed by atoms with van der Waals surface area (Å²) in [6.45, 7) is 1.42. The molecule has 1 aliphatic rings. The molecule has 1 heterocycles. The zero-order chi connectivity index (χ0) is 14.8. The monoisotopic (exact) mass is 283 g/mol. The van der Waals surface area contributed by atoms with Gasteiger partial charge in [0.1, 0.15) is 11.7 Å². The maximum Gasteiger partial charge on any atom is 0.139 e. The summed E-state index contributed by atoms with van der Waals surface area (Å²) < 4.78 is 14.4. The van der Waals surface area contributed by atoms with Crippen molar-refractivity contribution in [3.8, 4) is 0 Å². The van der Waals surface area contributed by atoms with Crippen molar-refractivity contribution < 1.29 is 4.39 Å². The van der Waals surface area contributed by atoms with Crippen LogP contribution in [0.15, 0.2) is 42.5 Å². The van der Waals surface area contributed by atoms with Gasteiger partial charge in [-0.3, -0.25) is 5.41 Å². The van der Waals surface area contributed by atoms with Crippen LogP contribution in [0.4, 0.5) is 10.1 Å². The zero-order valence-corrected chi connectivity index (χ0v) is 11.8. The fourth-order valence-corrected chi connectivity index (χ4v) is 2.89. The minimum atomic E-state index is -0.381. The lowest BCUT2D eigenvalue weighted by Gasteiger charge is -2.31. The first-order chi connectivity index (χ1) is 10.2. The second-order valence-electron chi connectivity index (χ2n) is 5.35. The molecule has 0 bridgehead atoms. The molecule has 0 saturated heterocycles. The summed E-state index contributed by atoms with van der Waals surface area (Å²) >= 11 is 0. The molecule has 3 nitrogen and oxygen atoms in total. The van der Waals surface area contributed by atoms with Gasteiger partial charge in [-0.1, -0.05) is 30.3 Å². The first-order valence-electron chi connectivity index (χ1n) is 7.11. The molecule has 0 saturated carbocycles. The number of fused-ring (bicyclic) bond motifs is 1. The number of hydrogen-bond donors (Lipinski definition) is 2. The molecule has 0 spiro atoms. The summed E-state index contributed by atoms with van der Waals surface area (Å²) in [6, 6.07) is 13.3. The number of amidine groups is 1. The fourth-order valence-electron chi connectivity index (χ4n) is 2.89. The number of para-hydroxylation sites is 1. The molecule has 0 amide bonds. The Kier molecular flexibility index (Phi) is 3.60. The largest absolute Gasteiger partial charge is 0.384 e. The first kappa shape index (κ1) is 13.6. The molecule has 108 valence electrons. The summed E-state index contributed by atoms with van der Waals surface area (Å²) in [5, 5.41) is 7.43. The Hall–Kier alpha value is -2.36. The van der Waals surface area contributed by atoms with E-state index in [2.05, 4.69) is 17.0 Å². The lowest BCUT2D eigenvalue weighted by molar-refractivity contribution is 0.595. The molecule has 1 aliphatic heterocycles. The SMILES string of the molecule is N=C(N)c1cccc(CN2CCCc3ccccc32)c1F. The second kappa shape index (κ2) is 5.56. The van der Waals surface area contributed by atoms with Crippen molar-refractivity contribution in [3.63, 3.8) is 0 Å². The van der Waals surface area contributed by atoms with Gasteiger partial charge in [-0.15, -0.1) is 0 Å². The number of nitrogens with zero attached hydrogens (tertiary/aromatic N) is 1. The number of nitrogens with one attached hydrogen (secondary N) is 1. The molecule has 0 unspecified atom stereocenters. The van der Waals surface area contributed by atoms with E-state index < -0.39 is 0 Å². The molecule has 0 aliphatic carbocycles. The lowest BCUT2D eigenvalue weighted by Crippen LogP contribution is -2.29. The van der Waals surface area contributed by atoms with Crippen molar-refractivity contribution in [3.05, 3.63) is 65.0 Å². The Morgan fingerprint density at radius 2 is 2.00 bits per heavy atom. The van der Waals surface area contributed by atoms with E-state index in [1.54, 1.807) is 18.2 Å². The van der Waals surface area contributed by atoms with Crippen molar-refractivity contribution in [1.82, 2.24) is 0 Å². The van der Waals surface area contributed by atoms with Crippen LogP contribution in [0, 0.1) is 11.2 Å². The third-order valence-corrected chi connectivity index (χ3v) is 3.94. The van der Waals surface area contributed by atoms with Crippen molar-refractivity contribution in [2.75, 3.05) is 11.4 Å². The topological polar surface area (TPSA) is 53.1 Å². The minimum Gasteiger partial charge on any atom is -0.384 e. The van der Waals surface area contributed by atoms with Gasteiger partial charge < -0.3 is 10.6 Å². The summed E-state index contributed by atoms with van der Waals surface area (Å²) in [4.78, 5) is 2.20. The predicted molar refractivity (Wildman–Crippen MR) is 83.2 cm³/mol. The van der Waals surface area contributed by atoms with Crippen LogP contribution >= 0.6 is 0 Å². The number of halogens is 1. The Bertz CT molecular complexity index is 681. The number of nitrogen functional groups attached to an aromatic ring is 1. The molecule has 4 heteroatoms. The number of aryl methyl sites for hydroxylation is 1. The van der Waals surface area contributed by atoms with Crippen LogP contribution in [0.1, 0.15) is 23.1 Å². The van der Waals surface area contributed by atoms with Crippen molar-refractivity contribution >= 4 is 11.5 Å². The summed E-state index contributed by atoms with van der Waals surface area (Å²) in [5.41, 5.74) is 8.67. The normalized spacial score (nSPS) is 13.9. The van der Waals surface area contributed by atoms with Crippen molar-refractivity contribution in [1.29, 1.82) is 5.41 Å². The van der Waals surface area contributed by atoms with Gasteiger partial charge in [0.15, 0.2) is 0 Å². The van der Waals surface area contributed by atoms with E-state index in [-0.39, 0.29) is 17.2 Å². The van der Waals surface area contributed by atoms with E-state index in [4.69, 9.17) is 11.1 Å². The standard InChI is InChI=1S/C17H18FN3/c18-16-13(6-3-8-14(16)17(19)20)11-21-10-4-7-12-5-1-2-9-15(12)21/h1-3,5-6,8-9H,4,7,10-11H2,(H3,19,20). The van der Waals surface area contributed by atoms with Crippen LogP contribution in [0.25, 0.3) is 0 Å². The number of anilines is 1. The van der Waals surface area contributed by atoms with E-state index in [1.165, 1.54) is 11.3 Å². The van der Waals surface area contributed by atoms with Crippen molar-refractivity contribution in [2.24, 2.45) is 5.73 Å². The maximum atomic E-state index is 14.4. The van der Waals surface area contributed by atoms with Crippen LogP contribution in [-0.2, 0) is 13.0 Å². The third-order valence-electron chi connectivity index (χ3n) is 3.94. The smallest absolute Gasteiger partial charge is 0.139 e. The second-order valence-corrected chi connectivity index (χ2v) is 5.35. The van der Waals surface area contributed by atoms with E-state index in [1.807, 2.05) is 12.1 Å². The summed E-state index contributed by atoms with van der Waals surface area (Å²) in [5.74, 6) is -0.610. The van der Waals surface area contributed by atoms with Crippen LogP contribution in [0.3, 0.4) is 0 Å². The molecular weight excluding hydrogens is 265 g/mol. The minimum absolute atomic E-state index is 0.179. The molecule has 3 rings (SSSR count). The van der Waals surface area contributed by atoms with Gasteiger partial charge in [-0.2, -0.15) is 0 Å².